The molecule has 0 amide bonds. The van der Waals surface area contributed by atoms with Crippen LogP contribution < -0.4 is 5.32 Å². The van der Waals surface area contributed by atoms with E-state index in [4.69, 9.17) is 4.98 Å². The lowest BCUT2D eigenvalue weighted by molar-refractivity contribution is 0.575. The van der Waals surface area contributed by atoms with E-state index in [0.29, 0.717) is 6.04 Å². The van der Waals surface area contributed by atoms with Gasteiger partial charge in [-0.25, -0.2) is 4.98 Å². The summed E-state index contributed by atoms with van der Waals surface area (Å²) in [7, 11) is 0. The van der Waals surface area contributed by atoms with Crippen LogP contribution in [-0.4, -0.2) is 17.3 Å². The maximum absolute atomic E-state index is 4.69. The van der Waals surface area contributed by atoms with Gasteiger partial charge in [0.15, 0.2) is 0 Å². The molecule has 1 N–H and O–H groups in total. The van der Waals surface area contributed by atoms with Gasteiger partial charge in [0.25, 0.3) is 0 Å². The van der Waals surface area contributed by atoms with Gasteiger partial charge in [-0.1, -0.05) is 20.8 Å². The first kappa shape index (κ1) is 16.0. The zero-order valence-corrected chi connectivity index (χ0v) is 13.9. The van der Waals surface area contributed by atoms with Gasteiger partial charge in [0, 0.05) is 16.7 Å². The van der Waals surface area contributed by atoms with Crippen LogP contribution >= 0.6 is 23.1 Å². The highest BCUT2D eigenvalue weighted by Gasteiger charge is 2.13. The molecular weight excluding hydrogens is 260 g/mol. The summed E-state index contributed by atoms with van der Waals surface area (Å²) in [5.74, 6) is 3.04. The molecule has 1 atom stereocenters. The van der Waals surface area contributed by atoms with E-state index < -0.39 is 0 Å². The summed E-state index contributed by atoms with van der Waals surface area (Å²) in [6.45, 7) is 12.2. The first-order valence-corrected chi connectivity index (χ1v) is 8.79. The molecule has 0 saturated carbocycles. The Hall–Kier alpha value is -0.0600. The van der Waals surface area contributed by atoms with Crippen LogP contribution in [0.2, 0.25) is 0 Å². The lowest BCUT2D eigenvalue weighted by Crippen LogP contribution is -2.18. The second-order valence-corrected chi connectivity index (χ2v) is 7.29. The fourth-order valence-corrected chi connectivity index (χ4v) is 3.97. The minimum Gasteiger partial charge on any atom is -0.309 e. The minimum atomic E-state index is 0.436. The molecule has 1 aromatic rings. The Kier molecular flexibility index (Phi) is 7.27. The van der Waals surface area contributed by atoms with Gasteiger partial charge in [-0.05, 0) is 38.5 Å². The number of hydrogen-bond acceptors (Lipinski definition) is 4. The van der Waals surface area contributed by atoms with Crippen LogP contribution in [0.1, 0.15) is 55.7 Å². The Morgan fingerprint density at radius 1 is 1.33 bits per heavy atom. The van der Waals surface area contributed by atoms with Gasteiger partial charge in [-0.2, -0.15) is 11.8 Å². The average molecular weight is 287 g/mol. The molecule has 0 spiro atoms. The normalized spacial score (nSPS) is 13.2. The van der Waals surface area contributed by atoms with E-state index in [2.05, 4.69) is 39.9 Å². The molecule has 0 bridgehead atoms. The average Bonchev–Trinajstić information content (AvgIpc) is 2.67. The maximum atomic E-state index is 4.69. The lowest BCUT2D eigenvalue weighted by atomic mass is 10.2. The number of thiazole rings is 1. The Bertz CT molecular complexity index is 348. The molecule has 0 aromatic carbocycles. The molecule has 0 aliphatic carbocycles. The van der Waals surface area contributed by atoms with Gasteiger partial charge in [0.1, 0.15) is 5.01 Å². The van der Waals surface area contributed by atoms with Crippen LogP contribution in [0.25, 0.3) is 0 Å². The number of aromatic nitrogens is 1. The Balaban J connectivity index is 2.52. The number of rotatable bonds is 8. The summed E-state index contributed by atoms with van der Waals surface area (Å²) in [5.41, 5.74) is 1.20. The van der Waals surface area contributed by atoms with Crippen molar-refractivity contribution in [2.45, 2.75) is 52.8 Å². The molecule has 0 aliphatic rings. The summed E-state index contributed by atoms with van der Waals surface area (Å²) in [4.78, 5) is 6.10. The topological polar surface area (TPSA) is 24.9 Å². The lowest BCUT2D eigenvalue weighted by Gasteiger charge is -2.11. The van der Waals surface area contributed by atoms with Gasteiger partial charge >= 0.3 is 0 Å². The largest absolute Gasteiger partial charge is 0.309 e. The van der Waals surface area contributed by atoms with Crippen molar-refractivity contribution in [2.75, 3.05) is 12.3 Å². The number of aryl methyl sites for hydroxylation is 1. The summed E-state index contributed by atoms with van der Waals surface area (Å²) >= 11 is 3.87. The van der Waals surface area contributed by atoms with Crippen molar-refractivity contribution >= 4 is 23.1 Å². The molecule has 0 radical (unpaired) electrons. The number of nitrogens with zero attached hydrogens (tertiary/aromatic N) is 1. The van der Waals surface area contributed by atoms with E-state index in [0.717, 1.165) is 18.2 Å². The Labute approximate surface area is 120 Å². The SMILES string of the molecule is CCCNC(C)c1sc(CSCC(C)C)nc1C. The summed E-state index contributed by atoms with van der Waals surface area (Å²) in [5, 5.41) is 4.82. The van der Waals surface area contributed by atoms with Crippen molar-refractivity contribution in [2.24, 2.45) is 5.92 Å². The van der Waals surface area contributed by atoms with Crippen LogP contribution in [0.4, 0.5) is 0 Å². The van der Waals surface area contributed by atoms with Crippen LogP contribution in [0, 0.1) is 12.8 Å². The van der Waals surface area contributed by atoms with E-state index >= 15 is 0 Å². The summed E-state index contributed by atoms with van der Waals surface area (Å²) in [6.07, 6.45) is 1.18. The van der Waals surface area contributed by atoms with E-state index in [1.807, 2.05) is 23.1 Å². The van der Waals surface area contributed by atoms with Crippen molar-refractivity contribution < 1.29 is 0 Å². The van der Waals surface area contributed by atoms with Crippen molar-refractivity contribution in [3.05, 3.63) is 15.6 Å². The van der Waals surface area contributed by atoms with E-state index in [-0.39, 0.29) is 0 Å². The second kappa shape index (κ2) is 8.18. The maximum Gasteiger partial charge on any atom is 0.103 e. The first-order valence-electron chi connectivity index (χ1n) is 6.81. The second-order valence-electron chi connectivity index (χ2n) is 5.14. The van der Waals surface area contributed by atoms with Crippen molar-refractivity contribution in [1.82, 2.24) is 10.3 Å². The van der Waals surface area contributed by atoms with E-state index in [1.165, 1.54) is 27.8 Å². The van der Waals surface area contributed by atoms with Crippen molar-refractivity contribution in [3.63, 3.8) is 0 Å². The zero-order valence-electron chi connectivity index (χ0n) is 12.2. The molecule has 104 valence electrons. The van der Waals surface area contributed by atoms with Gasteiger partial charge in [-0.15, -0.1) is 11.3 Å². The van der Waals surface area contributed by atoms with Crippen LogP contribution in [0.3, 0.4) is 0 Å². The Morgan fingerprint density at radius 2 is 2.06 bits per heavy atom. The molecular formula is C14H26N2S2. The zero-order chi connectivity index (χ0) is 13.5. The standard InChI is InChI=1S/C14H26N2S2/c1-6-7-15-11(4)14-12(5)16-13(18-14)9-17-8-10(2)3/h10-11,15H,6-9H2,1-5H3. The molecule has 0 aliphatic heterocycles. The molecule has 18 heavy (non-hydrogen) atoms. The van der Waals surface area contributed by atoms with Crippen LogP contribution in [0.15, 0.2) is 0 Å². The van der Waals surface area contributed by atoms with E-state index in [1.54, 1.807) is 0 Å². The minimum absolute atomic E-state index is 0.436. The molecule has 1 aromatic heterocycles. The summed E-state index contributed by atoms with van der Waals surface area (Å²) < 4.78 is 0. The Morgan fingerprint density at radius 3 is 2.67 bits per heavy atom. The van der Waals surface area contributed by atoms with E-state index in [9.17, 15) is 0 Å². The molecule has 1 rings (SSSR count). The smallest absolute Gasteiger partial charge is 0.103 e. The predicted octanol–water partition coefficient (Wildman–Crippen LogP) is 4.40. The molecule has 0 fully saturated rings. The highest BCUT2D eigenvalue weighted by molar-refractivity contribution is 7.98. The number of nitrogens with one attached hydrogen (secondary N) is 1. The van der Waals surface area contributed by atoms with Gasteiger partial charge in [0.2, 0.25) is 0 Å². The molecule has 2 nitrogen and oxygen atoms in total. The quantitative estimate of drug-likeness (QED) is 0.766. The monoisotopic (exact) mass is 286 g/mol. The fourth-order valence-electron chi connectivity index (χ4n) is 1.76. The predicted molar refractivity (Wildman–Crippen MR) is 84.6 cm³/mol. The number of hydrogen-bond donors (Lipinski definition) is 1. The molecule has 4 heteroatoms. The van der Waals surface area contributed by atoms with Gasteiger partial charge in [0.05, 0.1) is 5.69 Å². The highest BCUT2D eigenvalue weighted by atomic mass is 32.2. The number of thioether (sulfide) groups is 1. The van der Waals surface area contributed by atoms with Crippen LogP contribution in [-0.2, 0) is 5.75 Å². The van der Waals surface area contributed by atoms with Crippen molar-refractivity contribution in [3.8, 4) is 0 Å². The highest BCUT2D eigenvalue weighted by Crippen LogP contribution is 2.27. The fraction of sp³-hybridized carbons (Fsp3) is 0.786. The van der Waals surface area contributed by atoms with Crippen molar-refractivity contribution in [1.29, 1.82) is 0 Å². The third kappa shape index (κ3) is 5.29. The third-order valence-electron chi connectivity index (χ3n) is 2.65. The van der Waals surface area contributed by atoms with Gasteiger partial charge < -0.3 is 5.32 Å². The van der Waals surface area contributed by atoms with Crippen LogP contribution in [0.5, 0.6) is 0 Å². The van der Waals surface area contributed by atoms with Gasteiger partial charge in [-0.3, -0.25) is 0 Å². The molecule has 1 heterocycles. The first-order chi connectivity index (χ1) is 8.54. The summed E-state index contributed by atoms with van der Waals surface area (Å²) in [6, 6.07) is 0.436. The third-order valence-corrected chi connectivity index (χ3v) is 5.55. The molecule has 1 unspecified atom stereocenters. The molecule has 0 saturated heterocycles.